The number of nitrogens with one attached hydrogen (secondary N) is 1. The number of amides is 2. The molecule has 0 aliphatic carbocycles. The number of rotatable bonds is 7. The molecule has 1 heterocycles. The van der Waals surface area contributed by atoms with E-state index >= 15 is 0 Å². The van der Waals surface area contributed by atoms with Crippen LogP contribution in [0.25, 0.3) is 0 Å². The van der Waals surface area contributed by atoms with E-state index in [1.54, 1.807) is 0 Å². The van der Waals surface area contributed by atoms with Crippen LogP contribution in [0, 0.1) is 6.92 Å². The minimum absolute atomic E-state index is 0.00843. The van der Waals surface area contributed by atoms with Crippen molar-refractivity contribution in [1.82, 2.24) is 14.7 Å². The number of carbonyl (C=O) groups is 1. The van der Waals surface area contributed by atoms with Crippen LogP contribution in [0.3, 0.4) is 0 Å². The van der Waals surface area contributed by atoms with Crippen molar-refractivity contribution in [1.29, 1.82) is 0 Å². The molecule has 24 heavy (non-hydrogen) atoms. The Morgan fingerprint density at radius 2 is 2.04 bits per heavy atom. The predicted octanol–water partition coefficient (Wildman–Crippen LogP) is 2.87. The number of likely N-dealkylation sites (N-methyl/N-ethyl adjacent to an activating group) is 2. The van der Waals surface area contributed by atoms with Crippen LogP contribution in [-0.4, -0.2) is 73.6 Å². The lowest BCUT2D eigenvalue weighted by Crippen LogP contribution is -2.46. The lowest BCUT2D eigenvalue weighted by molar-refractivity contribution is 0.172. The molecule has 1 aromatic rings. The number of benzene rings is 1. The predicted molar refractivity (Wildman–Crippen MR) is 101 cm³/mol. The smallest absolute Gasteiger partial charge is 0.321 e. The zero-order chi connectivity index (χ0) is 17.5. The van der Waals surface area contributed by atoms with Gasteiger partial charge in [-0.15, -0.1) is 0 Å². The molecule has 0 aromatic heterocycles. The number of carbonyl (C=O) groups excluding carboxylic acids is 1. The Bertz CT molecular complexity index is 532. The molecule has 0 bridgehead atoms. The first kappa shape index (κ1) is 18.7. The maximum atomic E-state index is 12.8. The molecular weight excluding hydrogens is 300 g/mol. The van der Waals surface area contributed by atoms with E-state index in [0.29, 0.717) is 6.04 Å². The van der Waals surface area contributed by atoms with Crippen LogP contribution in [0.1, 0.15) is 25.3 Å². The zero-order valence-corrected chi connectivity index (χ0v) is 15.6. The fourth-order valence-electron chi connectivity index (χ4n) is 3.28. The summed E-state index contributed by atoms with van der Waals surface area (Å²) in [6.07, 6.45) is 2.42. The Balaban J connectivity index is 2.04. The molecule has 1 atom stereocenters. The van der Waals surface area contributed by atoms with Gasteiger partial charge in [-0.2, -0.15) is 0 Å². The fraction of sp³-hybridized carbons (Fsp3) is 0.632. The molecule has 5 heteroatoms. The van der Waals surface area contributed by atoms with E-state index in [0.717, 1.165) is 44.0 Å². The number of likely N-dealkylation sites (tertiary alicyclic amines) is 1. The van der Waals surface area contributed by atoms with Gasteiger partial charge in [0, 0.05) is 31.4 Å². The summed E-state index contributed by atoms with van der Waals surface area (Å²) in [5.41, 5.74) is 1.99. The van der Waals surface area contributed by atoms with Gasteiger partial charge < -0.3 is 15.1 Å². The Morgan fingerprint density at radius 3 is 2.71 bits per heavy atom. The summed E-state index contributed by atoms with van der Waals surface area (Å²) in [5, 5.41) is 3.09. The normalized spacial score (nSPS) is 18.1. The van der Waals surface area contributed by atoms with Crippen LogP contribution in [-0.2, 0) is 0 Å². The highest BCUT2D eigenvalue weighted by Gasteiger charge is 2.27. The summed E-state index contributed by atoms with van der Waals surface area (Å²) in [6, 6.07) is 8.43. The van der Waals surface area contributed by atoms with Gasteiger partial charge in [-0.25, -0.2) is 4.79 Å². The lowest BCUT2D eigenvalue weighted by Gasteiger charge is -2.31. The largest absolute Gasteiger partial charge is 0.322 e. The van der Waals surface area contributed by atoms with Crippen LogP contribution < -0.4 is 5.32 Å². The molecule has 1 N–H and O–H groups in total. The minimum Gasteiger partial charge on any atom is -0.322 e. The molecule has 2 rings (SSSR count). The monoisotopic (exact) mass is 332 g/mol. The van der Waals surface area contributed by atoms with E-state index in [1.807, 2.05) is 50.2 Å². The van der Waals surface area contributed by atoms with E-state index in [4.69, 9.17) is 0 Å². The van der Waals surface area contributed by atoms with Crippen LogP contribution in [0.15, 0.2) is 24.3 Å². The van der Waals surface area contributed by atoms with Gasteiger partial charge in [0.05, 0.1) is 0 Å². The van der Waals surface area contributed by atoms with Crippen LogP contribution in [0.2, 0.25) is 0 Å². The number of para-hydroxylation sites is 1. The lowest BCUT2D eigenvalue weighted by atomic mass is 10.2. The number of aryl methyl sites for hydroxylation is 1. The zero-order valence-electron chi connectivity index (χ0n) is 15.6. The van der Waals surface area contributed by atoms with Crippen molar-refractivity contribution in [3.63, 3.8) is 0 Å². The third-order valence-electron chi connectivity index (χ3n) is 4.83. The Hall–Kier alpha value is -1.59. The van der Waals surface area contributed by atoms with Gasteiger partial charge in [0.15, 0.2) is 0 Å². The summed E-state index contributed by atoms with van der Waals surface area (Å²) >= 11 is 0. The first-order valence-corrected chi connectivity index (χ1v) is 9.01. The number of hydrogen-bond donors (Lipinski definition) is 1. The van der Waals surface area contributed by atoms with Crippen molar-refractivity contribution in [3.05, 3.63) is 29.8 Å². The third-order valence-corrected chi connectivity index (χ3v) is 4.83. The van der Waals surface area contributed by atoms with Crippen LogP contribution in [0.5, 0.6) is 0 Å². The standard InChI is InChI=1S/C19H32N4O/c1-5-22-12-8-10-17(22)15-23(14-13-21(3)4)19(24)20-18-11-7-6-9-16(18)2/h6-7,9,11,17H,5,8,10,12-15H2,1-4H3,(H,20,24)/t17-/m1/s1. The molecular formula is C19H32N4O. The van der Waals surface area contributed by atoms with Crippen molar-refractivity contribution in [3.8, 4) is 0 Å². The molecule has 0 radical (unpaired) electrons. The Labute approximate surface area is 146 Å². The number of anilines is 1. The summed E-state index contributed by atoms with van der Waals surface area (Å²) in [5.74, 6) is 0. The molecule has 1 aliphatic heterocycles. The van der Waals surface area contributed by atoms with E-state index in [9.17, 15) is 4.79 Å². The van der Waals surface area contributed by atoms with Crippen molar-refractivity contribution in [2.75, 3.05) is 52.1 Å². The van der Waals surface area contributed by atoms with Gasteiger partial charge in [-0.05, 0) is 58.6 Å². The van der Waals surface area contributed by atoms with Crippen LogP contribution in [0.4, 0.5) is 10.5 Å². The average Bonchev–Trinajstić information content (AvgIpc) is 3.00. The summed E-state index contributed by atoms with van der Waals surface area (Å²) in [7, 11) is 4.09. The van der Waals surface area contributed by atoms with E-state index < -0.39 is 0 Å². The quantitative estimate of drug-likeness (QED) is 0.834. The molecule has 1 aromatic carbocycles. The molecule has 5 nitrogen and oxygen atoms in total. The minimum atomic E-state index is 0.00843. The summed E-state index contributed by atoms with van der Waals surface area (Å²) in [4.78, 5) is 19.4. The highest BCUT2D eigenvalue weighted by atomic mass is 16.2. The molecule has 2 amide bonds. The van der Waals surface area contributed by atoms with Crippen LogP contribution >= 0.6 is 0 Å². The van der Waals surface area contributed by atoms with Crippen molar-refractivity contribution < 1.29 is 4.79 Å². The van der Waals surface area contributed by atoms with Crippen molar-refractivity contribution in [2.24, 2.45) is 0 Å². The first-order chi connectivity index (χ1) is 11.5. The van der Waals surface area contributed by atoms with Gasteiger partial charge in [-0.3, -0.25) is 4.90 Å². The molecule has 0 unspecified atom stereocenters. The first-order valence-electron chi connectivity index (χ1n) is 9.01. The van der Waals surface area contributed by atoms with Gasteiger partial charge in [0.1, 0.15) is 0 Å². The highest BCUT2D eigenvalue weighted by Crippen LogP contribution is 2.19. The third kappa shape index (κ3) is 5.21. The highest BCUT2D eigenvalue weighted by molar-refractivity contribution is 5.90. The second kappa shape index (κ2) is 9.04. The maximum absolute atomic E-state index is 12.8. The SMILES string of the molecule is CCN1CCC[C@@H]1CN(CCN(C)C)C(=O)Nc1ccccc1C. The molecule has 1 fully saturated rings. The fourth-order valence-corrected chi connectivity index (χ4v) is 3.28. The number of hydrogen-bond acceptors (Lipinski definition) is 3. The molecule has 1 saturated heterocycles. The van der Waals surface area contributed by atoms with E-state index in [1.165, 1.54) is 12.8 Å². The van der Waals surface area contributed by atoms with Gasteiger partial charge in [0.2, 0.25) is 0 Å². The average molecular weight is 332 g/mol. The molecule has 1 aliphatic rings. The van der Waals surface area contributed by atoms with Gasteiger partial charge in [0.25, 0.3) is 0 Å². The molecule has 134 valence electrons. The topological polar surface area (TPSA) is 38.8 Å². The Morgan fingerprint density at radius 1 is 1.29 bits per heavy atom. The summed E-state index contributed by atoms with van der Waals surface area (Å²) < 4.78 is 0. The maximum Gasteiger partial charge on any atom is 0.321 e. The Kier molecular flexibility index (Phi) is 7.06. The van der Waals surface area contributed by atoms with E-state index in [-0.39, 0.29) is 6.03 Å². The number of urea groups is 1. The van der Waals surface area contributed by atoms with Gasteiger partial charge in [-0.1, -0.05) is 25.1 Å². The van der Waals surface area contributed by atoms with E-state index in [2.05, 4.69) is 22.0 Å². The molecule has 0 saturated carbocycles. The van der Waals surface area contributed by atoms with Gasteiger partial charge >= 0.3 is 6.03 Å². The second-order valence-corrected chi connectivity index (χ2v) is 6.92. The molecule has 0 spiro atoms. The number of nitrogens with zero attached hydrogens (tertiary/aromatic N) is 3. The van der Waals surface area contributed by atoms with Crippen molar-refractivity contribution in [2.45, 2.75) is 32.7 Å². The summed E-state index contributed by atoms with van der Waals surface area (Å²) in [6.45, 7) is 8.87. The van der Waals surface area contributed by atoms with Crippen molar-refractivity contribution >= 4 is 11.7 Å². The second-order valence-electron chi connectivity index (χ2n) is 6.92.